The van der Waals surface area contributed by atoms with E-state index in [2.05, 4.69) is 16.2 Å². The van der Waals surface area contributed by atoms with Gasteiger partial charge >= 0.3 is 0 Å². The molecule has 0 saturated heterocycles. The highest BCUT2D eigenvalue weighted by Gasteiger charge is 2.17. The Balaban J connectivity index is 1.69. The van der Waals surface area contributed by atoms with Gasteiger partial charge in [-0.3, -0.25) is 25.2 Å². The van der Waals surface area contributed by atoms with Gasteiger partial charge in [0.1, 0.15) is 5.82 Å². The molecule has 3 amide bonds. The van der Waals surface area contributed by atoms with Gasteiger partial charge in [-0.05, 0) is 37.0 Å². The van der Waals surface area contributed by atoms with E-state index < -0.39 is 11.7 Å². The largest absolute Gasteiger partial charge is 0.353 e. The van der Waals surface area contributed by atoms with Gasteiger partial charge in [-0.2, -0.15) is 0 Å². The molecule has 0 heterocycles. The lowest BCUT2D eigenvalue weighted by Crippen LogP contribution is -2.42. The highest BCUT2D eigenvalue weighted by Crippen LogP contribution is 2.17. The van der Waals surface area contributed by atoms with E-state index in [1.165, 1.54) is 63.1 Å². The van der Waals surface area contributed by atoms with Gasteiger partial charge in [0.25, 0.3) is 5.91 Å². The fraction of sp³-hybridized carbons (Fsp3) is 0.640. The second kappa shape index (κ2) is 14.6. The average molecular weight is 448 g/mol. The number of halogens is 1. The van der Waals surface area contributed by atoms with E-state index in [-0.39, 0.29) is 42.2 Å². The van der Waals surface area contributed by atoms with Gasteiger partial charge in [-0.1, -0.05) is 70.8 Å². The number of rotatable bonds is 6. The van der Waals surface area contributed by atoms with Gasteiger partial charge in [0, 0.05) is 24.4 Å². The molecule has 1 saturated carbocycles. The van der Waals surface area contributed by atoms with Crippen LogP contribution in [0.15, 0.2) is 24.3 Å². The quantitative estimate of drug-likeness (QED) is 0.548. The number of amides is 3. The highest BCUT2D eigenvalue weighted by molar-refractivity contribution is 5.95. The predicted octanol–water partition coefficient (Wildman–Crippen LogP) is 4.79. The first kappa shape index (κ1) is 25.8. The first-order chi connectivity index (χ1) is 15.4. The van der Waals surface area contributed by atoms with Crippen molar-refractivity contribution in [2.45, 2.75) is 96.4 Å². The van der Waals surface area contributed by atoms with Crippen molar-refractivity contribution < 1.29 is 18.8 Å². The topological polar surface area (TPSA) is 87.3 Å². The Morgan fingerprint density at radius 2 is 1.44 bits per heavy atom. The molecule has 0 aliphatic heterocycles. The Bertz CT molecular complexity index is 729. The SMILES string of the molecule is CC(CC(=O)NNC(=O)c1cccc(F)c1)CC(=O)NC1CCCCCCCCCCC1. The fourth-order valence-corrected chi connectivity index (χ4v) is 4.18. The Morgan fingerprint density at radius 1 is 0.875 bits per heavy atom. The lowest BCUT2D eigenvalue weighted by molar-refractivity contribution is -0.124. The standard InChI is InChI=1S/C25H38FN3O3/c1-19(17-24(31)28-29-25(32)20-12-11-13-21(26)18-20)16-23(30)27-22-14-9-7-5-3-2-4-6-8-10-15-22/h11-13,18-19,22H,2-10,14-17H2,1H3,(H,27,30)(H,28,31)(H,29,32). The number of hydrogen-bond donors (Lipinski definition) is 3. The maximum Gasteiger partial charge on any atom is 0.269 e. The molecule has 7 heteroatoms. The van der Waals surface area contributed by atoms with Crippen LogP contribution in [-0.4, -0.2) is 23.8 Å². The number of carbonyl (C=O) groups excluding carboxylic acids is 3. The number of hydrogen-bond acceptors (Lipinski definition) is 3. The number of nitrogens with one attached hydrogen (secondary N) is 3. The molecular formula is C25H38FN3O3. The molecule has 1 aromatic carbocycles. The van der Waals surface area contributed by atoms with E-state index in [9.17, 15) is 18.8 Å². The molecular weight excluding hydrogens is 409 g/mol. The molecule has 1 unspecified atom stereocenters. The first-order valence-corrected chi connectivity index (χ1v) is 12.1. The van der Waals surface area contributed by atoms with Crippen LogP contribution < -0.4 is 16.2 Å². The van der Waals surface area contributed by atoms with Gasteiger partial charge in [-0.25, -0.2) is 4.39 Å². The van der Waals surface area contributed by atoms with E-state index in [0.717, 1.165) is 31.7 Å². The molecule has 1 aliphatic carbocycles. The Morgan fingerprint density at radius 3 is 2.03 bits per heavy atom. The lowest BCUT2D eigenvalue weighted by atomic mass is 9.97. The van der Waals surface area contributed by atoms with Crippen LogP contribution in [0.5, 0.6) is 0 Å². The van der Waals surface area contributed by atoms with Crippen LogP contribution in [0.25, 0.3) is 0 Å². The highest BCUT2D eigenvalue weighted by atomic mass is 19.1. The molecule has 6 nitrogen and oxygen atoms in total. The molecule has 1 fully saturated rings. The van der Waals surface area contributed by atoms with Crippen molar-refractivity contribution in [1.29, 1.82) is 0 Å². The van der Waals surface area contributed by atoms with Crippen LogP contribution in [0.2, 0.25) is 0 Å². The summed E-state index contributed by atoms with van der Waals surface area (Å²) in [4.78, 5) is 36.6. The third kappa shape index (κ3) is 10.7. The fourth-order valence-electron chi connectivity index (χ4n) is 4.18. The second-order valence-corrected chi connectivity index (χ2v) is 9.05. The average Bonchev–Trinajstić information content (AvgIpc) is 2.73. The zero-order chi connectivity index (χ0) is 23.2. The van der Waals surface area contributed by atoms with Crippen molar-refractivity contribution in [2.24, 2.45) is 5.92 Å². The zero-order valence-electron chi connectivity index (χ0n) is 19.3. The summed E-state index contributed by atoms with van der Waals surface area (Å²) in [7, 11) is 0. The summed E-state index contributed by atoms with van der Waals surface area (Å²) in [6.07, 6.45) is 13.7. The molecule has 0 spiro atoms. The summed E-state index contributed by atoms with van der Waals surface area (Å²) < 4.78 is 13.2. The molecule has 1 atom stereocenters. The van der Waals surface area contributed by atoms with Crippen LogP contribution in [0.1, 0.15) is 101 Å². The molecule has 2 rings (SSSR count). The van der Waals surface area contributed by atoms with Crippen molar-refractivity contribution in [3.05, 3.63) is 35.6 Å². The minimum Gasteiger partial charge on any atom is -0.353 e. The minimum atomic E-state index is -0.592. The molecule has 1 aliphatic rings. The predicted molar refractivity (Wildman–Crippen MR) is 123 cm³/mol. The number of carbonyl (C=O) groups is 3. The monoisotopic (exact) mass is 447 g/mol. The maximum absolute atomic E-state index is 13.2. The Kier molecular flexibility index (Phi) is 11.8. The van der Waals surface area contributed by atoms with Gasteiger partial charge < -0.3 is 5.32 Å². The minimum absolute atomic E-state index is 0.0220. The summed E-state index contributed by atoms with van der Waals surface area (Å²) in [6, 6.07) is 5.43. The maximum atomic E-state index is 13.2. The van der Waals surface area contributed by atoms with Crippen molar-refractivity contribution in [2.75, 3.05) is 0 Å². The van der Waals surface area contributed by atoms with Crippen molar-refractivity contribution in [1.82, 2.24) is 16.2 Å². The van der Waals surface area contributed by atoms with E-state index in [0.29, 0.717) is 0 Å². The van der Waals surface area contributed by atoms with Crippen molar-refractivity contribution >= 4 is 17.7 Å². The van der Waals surface area contributed by atoms with E-state index in [1.54, 1.807) is 0 Å². The molecule has 1 aromatic rings. The summed E-state index contributed by atoms with van der Waals surface area (Å²) in [5.74, 6) is -1.68. The van der Waals surface area contributed by atoms with Crippen LogP contribution >= 0.6 is 0 Å². The van der Waals surface area contributed by atoms with Crippen molar-refractivity contribution in [3.8, 4) is 0 Å². The van der Waals surface area contributed by atoms with Crippen LogP contribution in [0, 0.1) is 11.7 Å². The molecule has 0 aromatic heterocycles. The van der Waals surface area contributed by atoms with Crippen LogP contribution in [0.3, 0.4) is 0 Å². The van der Waals surface area contributed by atoms with E-state index in [4.69, 9.17) is 0 Å². The van der Waals surface area contributed by atoms with E-state index in [1.807, 2.05) is 6.92 Å². The summed E-state index contributed by atoms with van der Waals surface area (Å²) in [6.45, 7) is 1.84. The zero-order valence-corrected chi connectivity index (χ0v) is 19.3. The number of benzene rings is 1. The smallest absolute Gasteiger partial charge is 0.269 e. The normalized spacial score (nSPS) is 17.3. The van der Waals surface area contributed by atoms with Gasteiger partial charge in [-0.15, -0.1) is 0 Å². The van der Waals surface area contributed by atoms with Crippen molar-refractivity contribution in [3.63, 3.8) is 0 Å². The molecule has 3 N–H and O–H groups in total. The second-order valence-electron chi connectivity index (χ2n) is 9.05. The van der Waals surface area contributed by atoms with Crippen LogP contribution in [-0.2, 0) is 9.59 Å². The molecule has 0 bridgehead atoms. The third-order valence-electron chi connectivity index (χ3n) is 5.94. The first-order valence-electron chi connectivity index (χ1n) is 12.1. The molecule has 0 radical (unpaired) electrons. The van der Waals surface area contributed by atoms with Gasteiger partial charge in [0.05, 0.1) is 0 Å². The number of hydrazine groups is 1. The third-order valence-corrected chi connectivity index (χ3v) is 5.94. The van der Waals surface area contributed by atoms with E-state index >= 15 is 0 Å². The molecule has 178 valence electrons. The van der Waals surface area contributed by atoms with Gasteiger partial charge in [0.2, 0.25) is 11.8 Å². The van der Waals surface area contributed by atoms with Crippen LogP contribution in [0.4, 0.5) is 4.39 Å². The summed E-state index contributed by atoms with van der Waals surface area (Å²) in [5, 5.41) is 3.18. The Labute approximate surface area is 191 Å². The lowest BCUT2D eigenvalue weighted by Gasteiger charge is -2.21. The summed E-state index contributed by atoms with van der Waals surface area (Å²) in [5.41, 5.74) is 4.73. The Hall–Kier alpha value is -2.44. The summed E-state index contributed by atoms with van der Waals surface area (Å²) >= 11 is 0. The van der Waals surface area contributed by atoms with Gasteiger partial charge in [0.15, 0.2) is 0 Å². The molecule has 32 heavy (non-hydrogen) atoms.